The standard InChI is InChI=1S/C17H21NO3/c1-20-16-10-14(12-18-8-9-19)15(11-17(16)21-2)13-6-4-3-5-7-13/h3-7,10-11,18-19H,8-9,12H2,1-2H3. The van der Waals surface area contributed by atoms with Crippen LogP contribution in [0.25, 0.3) is 11.1 Å². The molecule has 0 saturated carbocycles. The van der Waals surface area contributed by atoms with Crippen molar-refractivity contribution in [2.75, 3.05) is 27.4 Å². The molecule has 21 heavy (non-hydrogen) atoms. The topological polar surface area (TPSA) is 50.7 Å². The van der Waals surface area contributed by atoms with E-state index in [0.29, 0.717) is 24.6 Å². The molecule has 4 heteroatoms. The smallest absolute Gasteiger partial charge is 0.161 e. The second-order valence-electron chi connectivity index (χ2n) is 4.63. The third kappa shape index (κ3) is 3.74. The second kappa shape index (κ2) is 7.67. The van der Waals surface area contributed by atoms with Crippen molar-refractivity contribution >= 4 is 0 Å². The maximum absolute atomic E-state index is 8.91. The maximum Gasteiger partial charge on any atom is 0.161 e. The van der Waals surface area contributed by atoms with Crippen LogP contribution in [-0.4, -0.2) is 32.5 Å². The first-order chi connectivity index (χ1) is 10.3. The van der Waals surface area contributed by atoms with E-state index in [1.54, 1.807) is 14.2 Å². The number of methoxy groups -OCH3 is 2. The fraction of sp³-hybridized carbons (Fsp3) is 0.294. The molecule has 112 valence electrons. The molecule has 2 aromatic rings. The minimum Gasteiger partial charge on any atom is -0.493 e. The monoisotopic (exact) mass is 287 g/mol. The van der Waals surface area contributed by atoms with Crippen molar-refractivity contribution in [1.82, 2.24) is 5.32 Å². The van der Waals surface area contributed by atoms with Crippen molar-refractivity contribution in [2.24, 2.45) is 0 Å². The van der Waals surface area contributed by atoms with Crippen molar-refractivity contribution in [3.8, 4) is 22.6 Å². The number of rotatable bonds is 7. The van der Waals surface area contributed by atoms with Gasteiger partial charge in [-0.15, -0.1) is 0 Å². The van der Waals surface area contributed by atoms with Crippen LogP contribution in [0.2, 0.25) is 0 Å². The summed E-state index contributed by atoms with van der Waals surface area (Å²) in [4.78, 5) is 0. The first-order valence-corrected chi connectivity index (χ1v) is 6.92. The van der Waals surface area contributed by atoms with E-state index in [-0.39, 0.29) is 6.61 Å². The minimum atomic E-state index is 0.119. The Hall–Kier alpha value is -2.04. The van der Waals surface area contributed by atoms with Crippen molar-refractivity contribution in [3.63, 3.8) is 0 Å². The first kappa shape index (κ1) is 15.4. The second-order valence-corrected chi connectivity index (χ2v) is 4.63. The fourth-order valence-electron chi connectivity index (χ4n) is 2.26. The van der Waals surface area contributed by atoms with E-state index >= 15 is 0 Å². The van der Waals surface area contributed by atoms with E-state index in [2.05, 4.69) is 17.4 Å². The number of aliphatic hydroxyl groups excluding tert-OH is 1. The van der Waals surface area contributed by atoms with E-state index in [0.717, 1.165) is 16.7 Å². The molecule has 2 rings (SSSR count). The van der Waals surface area contributed by atoms with Gasteiger partial charge < -0.3 is 19.9 Å². The molecular formula is C17H21NO3. The minimum absolute atomic E-state index is 0.119. The van der Waals surface area contributed by atoms with Crippen LogP contribution in [0, 0.1) is 0 Å². The number of nitrogens with one attached hydrogen (secondary N) is 1. The highest BCUT2D eigenvalue weighted by Crippen LogP contribution is 2.35. The van der Waals surface area contributed by atoms with Gasteiger partial charge in [0, 0.05) is 13.1 Å². The Morgan fingerprint density at radius 1 is 1.00 bits per heavy atom. The molecule has 0 amide bonds. The van der Waals surface area contributed by atoms with Gasteiger partial charge in [-0.3, -0.25) is 0 Å². The van der Waals surface area contributed by atoms with Crippen LogP contribution in [0.3, 0.4) is 0 Å². The molecule has 2 aromatic carbocycles. The zero-order chi connectivity index (χ0) is 15.1. The van der Waals surface area contributed by atoms with Crippen molar-refractivity contribution < 1.29 is 14.6 Å². The lowest BCUT2D eigenvalue weighted by atomic mass is 9.98. The lowest BCUT2D eigenvalue weighted by Gasteiger charge is -2.15. The molecular weight excluding hydrogens is 266 g/mol. The largest absolute Gasteiger partial charge is 0.493 e. The van der Waals surface area contributed by atoms with E-state index < -0.39 is 0 Å². The molecule has 0 spiro atoms. The third-order valence-corrected chi connectivity index (χ3v) is 3.30. The van der Waals surface area contributed by atoms with Gasteiger partial charge in [-0.1, -0.05) is 30.3 Å². The Kier molecular flexibility index (Phi) is 5.60. The van der Waals surface area contributed by atoms with Gasteiger partial charge in [-0.2, -0.15) is 0 Å². The fourth-order valence-corrected chi connectivity index (χ4v) is 2.26. The highest BCUT2D eigenvalue weighted by atomic mass is 16.5. The predicted octanol–water partition coefficient (Wildman–Crippen LogP) is 2.45. The summed E-state index contributed by atoms with van der Waals surface area (Å²) in [5.74, 6) is 1.42. The van der Waals surface area contributed by atoms with E-state index in [4.69, 9.17) is 14.6 Å². The quantitative estimate of drug-likeness (QED) is 0.768. The van der Waals surface area contributed by atoms with Gasteiger partial charge in [-0.05, 0) is 28.8 Å². The Balaban J connectivity index is 2.44. The number of ether oxygens (including phenoxy) is 2. The van der Waals surface area contributed by atoms with Crippen LogP contribution in [0.15, 0.2) is 42.5 Å². The van der Waals surface area contributed by atoms with Gasteiger partial charge in [0.15, 0.2) is 11.5 Å². The average molecular weight is 287 g/mol. The summed E-state index contributed by atoms with van der Waals surface area (Å²) < 4.78 is 10.8. The normalized spacial score (nSPS) is 10.4. The Morgan fingerprint density at radius 3 is 2.29 bits per heavy atom. The summed E-state index contributed by atoms with van der Waals surface area (Å²) in [5.41, 5.74) is 3.32. The zero-order valence-corrected chi connectivity index (χ0v) is 12.4. The Morgan fingerprint density at radius 2 is 1.67 bits per heavy atom. The Labute approximate surface area is 125 Å². The van der Waals surface area contributed by atoms with Gasteiger partial charge in [0.1, 0.15) is 0 Å². The lowest BCUT2D eigenvalue weighted by Crippen LogP contribution is -2.18. The molecule has 0 unspecified atom stereocenters. The molecule has 0 atom stereocenters. The zero-order valence-electron chi connectivity index (χ0n) is 12.4. The molecule has 0 radical (unpaired) electrons. The van der Waals surface area contributed by atoms with Crippen molar-refractivity contribution in [3.05, 3.63) is 48.0 Å². The van der Waals surface area contributed by atoms with E-state index in [1.165, 1.54) is 0 Å². The molecule has 4 nitrogen and oxygen atoms in total. The summed E-state index contributed by atoms with van der Waals surface area (Å²) in [7, 11) is 3.27. The number of hydrogen-bond donors (Lipinski definition) is 2. The number of benzene rings is 2. The summed E-state index contributed by atoms with van der Waals surface area (Å²) in [6.45, 7) is 1.33. The molecule has 0 heterocycles. The van der Waals surface area contributed by atoms with Crippen LogP contribution in [0.1, 0.15) is 5.56 Å². The molecule has 0 aliphatic carbocycles. The molecule has 0 saturated heterocycles. The summed E-state index contributed by atoms with van der Waals surface area (Å²) in [6.07, 6.45) is 0. The average Bonchev–Trinajstić information content (AvgIpc) is 2.55. The Bertz CT molecular complexity index is 570. The maximum atomic E-state index is 8.91. The molecule has 0 fully saturated rings. The predicted molar refractivity (Wildman–Crippen MR) is 83.8 cm³/mol. The summed E-state index contributed by atoms with van der Waals surface area (Å²) >= 11 is 0. The van der Waals surface area contributed by atoms with E-state index in [1.807, 2.05) is 30.3 Å². The van der Waals surface area contributed by atoms with Gasteiger partial charge in [0.2, 0.25) is 0 Å². The highest BCUT2D eigenvalue weighted by Gasteiger charge is 2.12. The third-order valence-electron chi connectivity index (χ3n) is 3.30. The first-order valence-electron chi connectivity index (χ1n) is 6.92. The summed E-state index contributed by atoms with van der Waals surface area (Å²) in [6, 6.07) is 14.1. The van der Waals surface area contributed by atoms with Crippen LogP contribution in [0.5, 0.6) is 11.5 Å². The van der Waals surface area contributed by atoms with Gasteiger partial charge >= 0.3 is 0 Å². The highest BCUT2D eigenvalue weighted by molar-refractivity contribution is 5.71. The lowest BCUT2D eigenvalue weighted by molar-refractivity contribution is 0.292. The van der Waals surface area contributed by atoms with Crippen LogP contribution >= 0.6 is 0 Å². The van der Waals surface area contributed by atoms with Crippen LogP contribution in [0.4, 0.5) is 0 Å². The van der Waals surface area contributed by atoms with Crippen LogP contribution < -0.4 is 14.8 Å². The number of aliphatic hydroxyl groups is 1. The SMILES string of the molecule is COc1cc(CNCCO)c(-c2ccccc2)cc1OC. The van der Waals surface area contributed by atoms with Crippen LogP contribution in [-0.2, 0) is 6.54 Å². The molecule has 0 aromatic heterocycles. The summed E-state index contributed by atoms with van der Waals surface area (Å²) in [5, 5.41) is 12.1. The number of hydrogen-bond acceptors (Lipinski definition) is 4. The molecule has 0 aliphatic rings. The van der Waals surface area contributed by atoms with Crippen molar-refractivity contribution in [1.29, 1.82) is 0 Å². The molecule has 2 N–H and O–H groups in total. The van der Waals surface area contributed by atoms with Gasteiger partial charge in [-0.25, -0.2) is 0 Å². The van der Waals surface area contributed by atoms with Gasteiger partial charge in [0.25, 0.3) is 0 Å². The van der Waals surface area contributed by atoms with Gasteiger partial charge in [0.05, 0.1) is 20.8 Å². The van der Waals surface area contributed by atoms with Crippen molar-refractivity contribution in [2.45, 2.75) is 6.54 Å². The molecule has 0 aliphatic heterocycles. The van der Waals surface area contributed by atoms with E-state index in [9.17, 15) is 0 Å². The molecule has 0 bridgehead atoms.